The Bertz CT molecular complexity index is 1560. The van der Waals surface area contributed by atoms with E-state index in [1.54, 1.807) is 7.11 Å². The van der Waals surface area contributed by atoms with Gasteiger partial charge >= 0.3 is 0 Å². The summed E-state index contributed by atoms with van der Waals surface area (Å²) in [4.78, 5) is 25.7. The van der Waals surface area contributed by atoms with Crippen molar-refractivity contribution in [2.24, 2.45) is 0 Å². The van der Waals surface area contributed by atoms with Gasteiger partial charge in [0.25, 0.3) is 5.91 Å². The number of nitrogen functional groups attached to an aromatic ring is 1. The predicted molar refractivity (Wildman–Crippen MR) is 143 cm³/mol. The van der Waals surface area contributed by atoms with Crippen LogP contribution in [0, 0.1) is 27.7 Å². The SMILES string of the molecule is COc1ccc(C)c(-n2c(N)c(C(=O)N3CCn4c(cc[n+]4C(C)(C)C)C3)c3nc(C)c(C)nc32)c1C. The molecule has 0 atom stereocenters. The third-order valence-corrected chi connectivity index (χ3v) is 7.38. The Kier molecular flexibility index (Phi) is 5.77. The summed E-state index contributed by atoms with van der Waals surface area (Å²) in [5, 5.41) is 0. The first-order valence-corrected chi connectivity index (χ1v) is 12.6. The van der Waals surface area contributed by atoms with E-state index in [-0.39, 0.29) is 11.4 Å². The van der Waals surface area contributed by atoms with E-state index >= 15 is 0 Å². The van der Waals surface area contributed by atoms with Crippen molar-refractivity contribution in [2.75, 3.05) is 19.4 Å². The highest BCUT2D eigenvalue weighted by Crippen LogP contribution is 2.36. The van der Waals surface area contributed by atoms with Crippen molar-refractivity contribution in [3.63, 3.8) is 0 Å². The molecule has 1 aromatic carbocycles. The van der Waals surface area contributed by atoms with Gasteiger partial charge in [-0.05, 0) is 39.3 Å². The number of hydrogen-bond acceptors (Lipinski definition) is 5. The van der Waals surface area contributed by atoms with Gasteiger partial charge in [0, 0.05) is 38.9 Å². The molecule has 0 radical (unpaired) electrons. The van der Waals surface area contributed by atoms with Gasteiger partial charge in [-0.2, -0.15) is 4.68 Å². The molecule has 37 heavy (non-hydrogen) atoms. The molecule has 3 aromatic heterocycles. The minimum atomic E-state index is -0.133. The number of benzene rings is 1. The molecule has 4 heterocycles. The fourth-order valence-electron chi connectivity index (χ4n) is 5.34. The number of rotatable bonds is 3. The number of anilines is 1. The topological polar surface area (TPSA) is 95.1 Å². The monoisotopic (exact) mass is 502 g/mol. The molecule has 0 saturated carbocycles. The zero-order valence-corrected chi connectivity index (χ0v) is 23.0. The van der Waals surface area contributed by atoms with Crippen LogP contribution < -0.4 is 15.2 Å². The molecule has 5 rings (SSSR count). The van der Waals surface area contributed by atoms with Gasteiger partial charge < -0.3 is 15.4 Å². The van der Waals surface area contributed by atoms with E-state index in [4.69, 9.17) is 20.4 Å². The molecule has 0 aliphatic carbocycles. The number of ether oxygens (including phenoxy) is 1. The molecular formula is C28H36N7O2+. The molecule has 0 saturated heterocycles. The lowest BCUT2D eigenvalue weighted by molar-refractivity contribution is -0.826. The molecule has 194 valence electrons. The summed E-state index contributed by atoms with van der Waals surface area (Å²) in [5.74, 6) is 0.956. The molecule has 0 spiro atoms. The zero-order valence-electron chi connectivity index (χ0n) is 23.0. The van der Waals surface area contributed by atoms with Crippen LogP contribution in [0.1, 0.15) is 59.3 Å². The molecule has 4 aromatic rings. The summed E-state index contributed by atoms with van der Waals surface area (Å²) in [6.07, 6.45) is 2.09. The maximum Gasteiger partial charge on any atom is 0.260 e. The molecule has 9 nitrogen and oxygen atoms in total. The van der Waals surface area contributed by atoms with Crippen LogP contribution in [0.3, 0.4) is 0 Å². The van der Waals surface area contributed by atoms with Crippen LogP contribution in [0.4, 0.5) is 5.82 Å². The lowest BCUT2D eigenvalue weighted by atomic mass is 10.1. The second-order valence-electron chi connectivity index (χ2n) is 10.9. The second kappa shape index (κ2) is 8.61. The van der Waals surface area contributed by atoms with E-state index in [9.17, 15) is 4.79 Å². The van der Waals surface area contributed by atoms with Crippen molar-refractivity contribution >= 4 is 22.9 Å². The van der Waals surface area contributed by atoms with Crippen molar-refractivity contribution < 1.29 is 14.2 Å². The highest BCUT2D eigenvalue weighted by atomic mass is 16.5. The summed E-state index contributed by atoms with van der Waals surface area (Å²) in [5.41, 5.74) is 13.7. The summed E-state index contributed by atoms with van der Waals surface area (Å²) >= 11 is 0. The number of aryl methyl sites for hydroxylation is 3. The van der Waals surface area contributed by atoms with E-state index in [1.807, 2.05) is 49.3 Å². The molecule has 1 amide bonds. The van der Waals surface area contributed by atoms with Crippen molar-refractivity contribution in [1.82, 2.24) is 24.1 Å². The number of aromatic nitrogens is 5. The van der Waals surface area contributed by atoms with Crippen molar-refractivity contribution in [3.8, 4) is 11.4 Å². The number of nitrogens with zero attached hydrogens (tertiary/aromatic N) is 6. The first-order valence-electron chi connectivity index (χ1n) is 12.6. The quantitative estimate of drug-likeness (QED) is 0.431. The number of hydrogen-bond donors (Lipinski definition) is 1. The number of carbonyl (C=O) groups excluding carboxylic acids is 1. The Hall–Kier alpha value is -3.88. The van der Waals surface area contributed by atoms with Gasteiger partial charge in [-0.15, -0.1) is 4.68 Å². The van der Waals surface area contributed by atoms with Crippen LogP contribution in [0.5, 0.6) is 5.75 Å². The largest absolute Gasteiger partial charge is 0.496 e. The second-order valence-corrected chi connectivity index (χ2v) is 10.9. The lowest BCUT2D eigenvalue weighted by Crippen LogP contribution is -2.58. The standard InChI is InChI=1S/C28H35N7O2/c1-16-9-10-21(37-8)17(2)24(16)35-25(29)22(23-26(35)31-19(4)18(3)30-23)27(36)32-13-14-33-20(15-32)11-12-34(33)28(5,6)7/h9-12H,13-15H2,1-8H3,(H-,29,30,36)/p+1. The normalized spacial score (nSPS) is 13.8. The van der Waals surface area contributed by atoms with E-state index in [2.05, 4.69) is 42.4 Å². The Morgan fingerprint density at radius 2 is 1.76 bits per heavy atom. The summed E-state index contributed by atoms with van der Waals surface area (Å²) < 4.78 is 12.0. The van der Waals surface area contributed by atoms with Crippen molar-refractivity contribution in [3.05, 3.63) is 58.2 Å². The van der Waals surface area contributed by atoms with Gasteiger partial charge in [0.2, 0.25) is 0 Å². The summed E-state index contributed by atoms with van der Waals surface area (Å²) in [6, 6.07) is 6.02. The van der Waals surface area contributed by atoms with Gasteiger partial charge in [0.15, 0.2) is 17.4 Å². The average molecular weight is 503 g/mol. The fraction of sp³-hybridized carbons (Fsp3) is 0.429. The van der Waals surface area contributed by atoms with E-state index in [0.29, 0.717) is 42.2 Å². The number of methoxy groups -OCH3 is 1. The molecule has 1 aliphatic heterocycles. The van der Waals surface area contributed by atoms with E-state index in [1.165, 1.54) is 0 Å². The first-order chi connectivity index (χ1) is 17.4. The predicted octanol–water partition coefficient (Wildman–Crippen LogP) is 3.74. The minimum Gasteiger partial charge on any atom is -0.496 e. The molecule has 2 N–H and O–H groups in total. The van der Waals surface area contributed by atoms with E-state index < -0.39 is 0 Å². The Morgan fingerprint density at radius 1 is 1.05 bits per heavy atom. The van der Waals surface area contributed by atoms with Gasteiger partial charge in [-0.25, -0.2) is 9.97 Å². The Labute approximate surface area is 217 Å². The Morgan fingerprint density at radius 3 is 2.43 bits per heavy atom. The van der Waals surface area contributed by atoms with Crippen LogP contribution in [0.2, 0.25) is 0 Å². The van der Waals surface area contributed by atoms with Crippen LogP contribution in [0.25, 0.3) is 16.9 Å². The van der Waals surface area contributed by atoms with Crippen molar-refractivity contribution in [1.29, 1.82) is 0 Å². The first kappa shape index (κ1) is 24.8. The maximum atomic E-state index is 14.1. The molecule has 0 unspecified atom stereocenters. The van der Waals surface area contributed by atoms with Crippen LogP contribution in [-0.2, 0) is 18.6 Å². The van der Waals surface area contributed by atoms with Gasteiger partial charge in [0.05, 0.1) is 37.3 Å². The highest BCUT2D eigenvalue weighted by molar-refractivity contribution is 6.10. The summed E-state index contributed by atoms with van der Waals surface area (Å²) in [7, 11) is 1.65. The number of fused-ring (bicyclic) bond motifs is 2. The van der Waals surface area contributed by atoms with Crippen molar-refractivity contribution in [2.45, 2.75) is 67.1 Å². The van der Waals surface area contributed by atoms with Crippen LogP contribution in [-0.4, -0.2) is 43.7 Å². The van der Waals surface area contributed by atoms with Gasteiger partial charge in [-0.1, -0.05) is 6.07 Å². The summed E-state index contributed by atoms with van der Waals surface area (Å²) in [6.45, 7) is 16.2. The number of amides is 1. The molecule has 0 bridgehead atoms. The van der Waals surface area contributed by atoms with Crippen LogP contribution >= 0.6 is 0 Å². The molecule has 9 heteroatoms. The number of nitrogens with two attached hydrogens (primary N) is 1. The van der Waals surface area contributed by atoms with Gasteiger partial charge in [-0.3, -0.25) is 9.36 Å². The lowest BCUT2D eigenvalue weighted by Gasteiger charge is -2.28. The number of carbonyl (C=O) groups is 1. The minimum absolute atomic E-state index is 0.0419. The third kappa shape index (κ3) is 3.84. The zero-order chi connectivity index (χ0) is 26.8. The van der Waals surface area contributed by atoms with E-state index in [0.717, 1.165) is 39.6 Å². The molecule has 1 aliphatic rings. The average Bonchev–Trinajstić information content (AvgIpc) is 3.38. The fourth-order valence-corrected chi connectivity index (χ4v) is 5.34. The molecule has 0 fully saturated rings. The Balaban J connectivity index is 1.67. The highest BCUT2D eigenvalue weighted by Gasteiger charge is 2.35. The van der Waals surface area contributed by atoms with Gasteiger partial charge in [0.1, 0.15) is 28.3 Å². The smallest absolute Gasteiger partial charge is 0.260 e. The maximum absolute atomic E-state index is 14.1. The third-order valence-electron chi connectivity index (χ3n) is 7.38. The molecular weight excluding hydrogens is 466 g/mol. The van der Waals surface area contributed by atoms with Crippen LogP contribution in [0.15, 0.2) is 24.4 Å².